The second-order valence-electron chi connectivity index (χ2n) is 6.06. The van der Waals surface area contributed by atoms with E-state index in [1.54, 1.807) is 0 Å². The van der Waals surface area contributed by atoms with Crippen LogP contribution in [0.4, 0.5) is 0 Å². The molecule has 1 saturated carbocycles. The molecule has 0 saturated heterocycles. The van der Waals surface area contributed by atoms with Crippen LogP contribution in [-0.4, -0.2) is 6.54 Å². The summed E-state index contributed by atoms with van der Waals surface area (Å²) in [6, 6.07) is 10.8. The topological polar surface area (TPSA) is 26.0 Å². The van der Waals surface area contributed by atoms with Gasteiger partial charge in [-0.1, -0.05) is 43.7 Å². The van der Waals surface area contributed by atoms with Gasteiger partial charge in [-0.3, -0.25) is 0 Å². The average molecular weight is 245 g/mol. The van der Waals surface area contributed by atoms with Gasteiger partial charge >= 0.3 is 0 Å². The van der Waals surface area contributed by atoms with Crippen LogP contribution in [0.25, 0.3) is 0 Å². The van der Waals surface area contributed by atoms with E-state index in [1.165, 1.54) is 50.5 Å². The van der Waals surface area contributed by atoms with Crippen molar-refractivity contribution in [2.45, 2.75) is 51.9 Å². The first-order chi connectivity index (χ1) is 8.78. The second-order valence-corrected chi connectivity index (χ2v) is 6.06. The Morgan fingerprint density at radius 3 is 2.67 bits per heavy atom. The molecule has 18 heavy (non-hydrogen) atoms. The van der Waals surface area contributed by atoms with Crippen LogP contribution in [0.1, 0.15) is 51.0 Å². The summed E-state index contributed by atoms with van der Waals surface area (Å²) in [7, 11) is 0. The Morgan fingerprint density at radius 1 is 1.28 bits per heavy atom. The lowest BCUT2D eigenvalue weighted by Gasteiger charge is -2.28. The van der Waals surface area contributed by atoms with Crippen LogP contribution in [0.3, 0.4) is 0 Å². The van der Waals surface area contributed by atoms with Gasteiger partial charge < -0.3 is 5.73 Å². The Labute approximate surface area is 112 Å². The molecule has 0 radical (unpaired) electrons. The van der Waals surface area contributed by atoms with Gasteiger partial charge in [0.25, 0.3) is 0 Å². The highest BCUT2D eigenvalue weighted by atomic mass is 14.6. The van der Waals surface area contributed by atoms with Gasteiger partial charge in [0, 0.05) is 0 Å². The van der Waals surface area contributed by atoms with Crippen LogP contribution in [0, 0.1) is 11.3 Å². The molecule has 1 nitrogen and oxygen atoms in total. The Balaban J connectivity index is 1.81. The summed E-state index contributed by atoms with van der Waals surface area (Å²) in [6.45, 7) is 3.21. The van der Waals surface area contributed by atoms with E-state index in [4.69, 9.17) is 5.73 Å². The third kappa shape index (κ3) is 3.35. The molecule has 0 heterocycles. The Hall–Kier alpha value is -0.820. The van der Waals surface area contributed by atoms with E-state index in [-0.39, 0.29) is 0 Å². The van der Waals surface area contributed by atoms with Crippen LogP contribution in [0.5, 0.6) is 0 Å². The standard InChI is InChI=1S/C17H27N/c1-2-15-10-12-17(13-15,14-18)11-6-9-16-7-4-3-5-8-16/h3-5,7-8,15H,2,6,9-14,18H2,1H3. The van der Waals surface area contributed by atoms with Crippen molar-refractivity contribution in [1.29, 1.82) is 0 Å². The number of hydrogen-bond acceptors (Lipinski definition) is 1. The van der Waals surface area contributed by atoms with Crippen molar-refractivity contribution < 1.29 is 0 Å². The Bertz CT molecular complexity index is 346. The summed E-state index contributed by atoms with van der Waals surface area (Å²) in [5.41, 5.74) is 8.00. The minimum atomic E-state index is 0.468. The molecule has 2 atom stereocenters. The largest absolute Gasteiger partial charge is 0.330 e. The Kier molecular flexibility index (Phi) is 4.82. The molecule has 1 aromatic carbocycles. The van der Waals surface area contributed by atoms with Gasteiger partial charge in [0.05, 0.1) is 0 Å². The van der Waals surface area contributed by atoms with E-state index in [9.17, 15) is 0 Å². The lowest BCUT2D eigenvalue weighted by atomic mass is 9.80. The minimum absolute atomic E-state index is 0.468. The van der Waals surface area contributed by atoms with E-state index >= 15 is 0 Å². The zero-order valence-corrected chi connectivity index (χ0v) is 11.7. The fourth-order valence-corrected chi connectivity index (χ4v) is 3.50. The zero-order chi connectivity index (χ0) is 12.8. The number of hydrogen-bond donors (Lipinski definition) is 1. The van der Waals surface area contributed by atoms with Gasteiger partial charge in [0.15, 0.2) is 0 Å². The van der Waals surface area contributed by atoms with Crippen molar-refractivity contribution in [2.75, 3.05) is 6.54 Å². The average Bonchev–Trinajstić information content (AvgIpc) is 2.84. The van der Waals surface area contributed by atoms with E-state index in [1.807, 2.05) is 0 Å². The lowest BCUT2D eigenvalue weighted by molar-refractivity contribution is 0.262. The number of nitrogens with two attached hydrogens (primary N) is 1. The van der Waals surface area contributed by atoms with Crippen molar-refractivity contribution in [3.05, 3.63) is 35.9 Å². The minimum Gasteiger partial charge on any atom is -0.330 e. The molecule has 0 aromatic heterocycles. The van der Waals surface area contributed by atoms with Crippen LogP contribution >= 0.6 is 0 Å². The summed E-state index contributed by atoms with van der Waals surface area (Å²) in [5.74, 6) is 0.935. The van der Waals surface area contributed by atoms with Crippen LogP contribution < -0.4 is 5.73 Å². The van der Waals surface area contributed by atoms with Gasteiger partial charge in [-0.25, -0.2) is 0 Å². The highest BCUT2D eigenvalue weighted by molar-refractivity contribution is 5.14. The van der Waals surface area contributed by atoms with E-state index in [0.29, 0.717) is 5.41 Å². The summed E-state index contributed by atoms with van der Waals surface area (Å²) in [4.78, 5) is 0. The van der Waals surface area contributed by atoms with Crippen molar-refractivity contribution in [2.24, 2.45) is 17.1 Å². The Morgan fingerprint density at radius 2 is 2.06 bits per heavy atom. The maximum absolute atomic E-state index is 6.07. The molecule has 1 aliphatic rings. The number of aryl methyl sites for hydroxylation is 1. The SMILES string of the molecule is CCC1CCC(CN)(CCCc2ccccc2)C1. The van der Waals surface area contributed by atoms with E-state index < -0.39 is 0 Å². The maximum Gasteiger partial charge on any atom is -0.00204 e. The molecule has 1 heteroatoms. The first-order valence-electron chi connectivity index (χ1n) is 7.52. The molecule has 0 spiro atoms. The number of benzene rings is 1. The van der Waals surface area contributed by atoms with E-state index in [2.05, 4.69) is 37.3 Å². The molecule has 100 valence electrons. The van der Waals surface area contributed by atoms with Crippen LogP contribution in [0.15, 0.2) is 30.3 Å². The van der Waals surface area contributed by atoms with Gasteiger partial charge in [-0.15, -0.1) is 0 Å². The molecule has 2 N–H and O–H groups in total. The van der Waals surface area contributed by atoms with Gasteiger partial charge in [0.2, 0.25) is 0 Å². The molecule has 1 aromatic rings. The summed E-state index contributed by atoms with van der Waals surface area (Å²) >= 11 is 0. The monoisotopic (exact) mass is 245 g/mol. The third-order valence-corrected chi connectivity index (χ3v) is 4.83. The molecule has 2 unspecified atom stereocenters. The maximum atomic E-state index is 6.07. The first-order valence-corrected chi connectivity index (χ1v) is 7.52. The van der Waals surface area contributed by atoms with Crippen LogP contribution in [-0.2, 0) is 6.42 Å². The van der Waals surface area contributed by atoms with Gasteiger partial charge in [0.1, 0.15) is 0 Å². The van der Waals surface area contributed by atoms with Gasteiger partial charge in [-0.05, 0) is 62.0 Å². The smallest absolute Gasteiger partial charge is 0.00204 e. The van der Waals surface area contributed by atoms with Crippen molar-refractivity contribution in [1.82, 2.24) is 0 Å². The molecule has 2 rings (SSSR count). The molecule has 1 fully saturated rings. The molecular formula is C17H27N. The first kappa shape index (κ1) is 13.6. The van der Waals surface area contributed by atoms with Crippen molar-refractivity contribution in [3.8, 4) is 0 Å². The lowest BCUT2D eigenvalue weighted by Crippen LogP contribution is -2.28. The molecule has 0 aliphatic heterocycles. The predicted octanol–water partition coefficient (Wildman–Crippen LogP) is 4.16. The fourth-order valence-electron chi connectivity index (χ4n) is 3.50. The summed E-state index contributed by atoms with van der Waals surface area (Å²) < 4.78 is 0. The van der Waals surface area contributed by atoms with E-state index in [0.717, 1.165) is 12.5 Å². The highest BCUT2D eigenvalue weighted by Gasteiger charge is 2.36. The predicted molar refractivity (Wildman–Crippen MR) is 78.5 cm³/mol. The normalized spacial score (nSPS) is 27.6. The second kappa shape index (κ2) is 6.38. The highest BCUT2D eigenvalue weighted by Crippen LogP contribution is 2.45. The van der Waals surface area contributed by atoms with Crippen LogP contribution in [0.2, 0.25) is 0 Å². The number of rotatable bonds is 6. The van der Waals surface area contributed by atoms with Crippen molar-refractivity contribution in [3.63, 3.8) is 0 Å². The molecule has 1 aliphatic carbocycles. The molecular weight excluding hydrogens is 218 g/mol. The van der Waals surface area contributed by atoms with Gasteiger partial charge in [-0.2, -0.15) is 0 Å². The summed E-state index contributed by atoms with van der Waals surface area (Å²) in [6.07, 6.45) is 9.27. The fraction of sp³-hybridized carbons (Fsp3) is 0.647. The zero-order valence-electron chi connectivity index (χ0n) is 11.7. The molecule has 0 amide bonds. The summed E-state index contributed by atoms with van der Waals surface area (Å²) in [5, 5.41) is 0. The quantitative estimate of drug-likeness (QED) is 0.800. The molecule has 0 bridgehead atoms. The van der Waals surface area contributed by atoms with Crippen molar-refractivity contribution >= 4 is 0 Å². The third-order valence-electron chi connectivity index (χ3n) is 4.83.